The highest BCUT2D eigenvalue weighted by Gasteiger charge is 2.24. The summed E-state index contributed by atoms with van der Waals surface area (Å²) in [5.74, 6) is -0.163. The van der Waals surface area contributed by atoms with Crippen LogP contribution in [-0.4, -0.2) is 12.5 Å². The van der Waals surface area contributed by atoms with Gasteiger partial charge in [-0.25, -0.2) is 9.87 Å². The Hall–Kier alpha value is -1.50. The van der Waals surface area contributed by atoms with Crippen molar-refractivity contribution in [2.45, 2.75) is 26.2 Å². The van der Waals surface area contributed by atoms with E-state index in [0.29, 0.717) is 39.0 Å². The number of carbonyl (C=O) groups is 1. The highest BCUT2D eigenvalue weighted by molar-refractivity contribution is 14.1. The highest BCUT2D eigenvalue weighted by Crippen LogP contribution is 2.31. The number of hydrogen-bond donors (Lipinski definition) is 1. The van der Waals surface area contributed by atoms with Crippen LogP contribution >= 0.6 is 33.9 Å². The first-order valence-electron chi connectivity index (χ1n) is 7.88. The monoisotopic (exact) mass is 470 g/mol. The lowest BCUT2D eigenvalue weighted by Crippen LogP contribution is -2.26. The molecule has 0 radical (unpaired) electrons. The number of benzene rings is 1. The molecule has 130 valence electrons. The van der Waals surface area contributed by atoms with E-state index in [1.54, 1.807) is 13.0 Å². The van der Waals surface area contributed by atoms with Gasteiger partial charge in [0.2, 0.25) is 0 Å². The van der Waals surface area contributed by atoms with Crippen molar-refractivity contribution in [1.82, 2.24) is 5.48 Å². The summed E-state index contributed by atoms with van der Waals surface area (Å²) in [6.45, 7) is 2.24. The van der Waals surface area contributed by atoms with Crippen molar-refractivity contribution in [2.24, 2.45) is 5.92 Å². The minimum Gasteiger partial charge on any atom is -0.273 e. The molecule has 0 atom stereocenters. The van der Waals surface area contributed by atoms with E-state index in [0.717, 1.165) is 16.4 Å². The fourth-order valence-electron chi connectivity index (χ4n) is 2.50. The Bertz CT molecular complexity index is 855. The number of nitriles is 1. The molecular formula is C18H16FIN2O2S. The van der Waals surface area contributed by atoms with Crippen LogP contribution in [0.15, 0.2) is 18.2 Å². The molecule has 1 fully saturated rings. The average Bonchev–Trinajstić information content (AvgIpc) is 3.33. The molecule has 0 bridgehead atoms. The van der Waals surface area contributed by atoms with Gasteiger partial charge in [-0.2, -0.15) is 5.26 Å². The van der Waals surface area contributed by atoms with Crippen molar-refractivity contribution in [2.75, 3.05) is 6.61 Å². The number of amides is 1. The van der Waals surface area contributed by atoms with E-state index in [2.05, 4.69) is 34.1 Å². The molecule has 1 N–H and O–H groups in total. The summed E-state index contributed by atoms with van der Waals surface area (Å²) in [6, 6.07) is 7.10. The summed E-state index contributed by atoms with van der Waals surface area (Å²) in [4.78, 5) is 18.9. The zero-order valence-electron chi connectivity index (χ0n) is 13.6. The van der Waals surface area contributed by atoms with Crippen LogP contribution in [0.1, 0.15) is 44.1 Å². The fraction of sp³-hybridized carbons (Fsp3) is 0.333. The maximum Gasteiger partial charge on any atom is 0.276 e. The average molecular weight is 470 g/mol. The summed E-state index contributed by atoms with van der Waals surface area (Å²) in [7, 11) is 0. The number of thiophene rings is 1. The Kier molecular flexibility index (Phi) is 5.71. The third-order valence-corrected chi connectivity index (χ3v) is 5.96. The topological polar surface area (TPSA) is 62.1 Å². The molecule has 7 heteroatoms. The fourth-order valence-corrected chi connectivity index (χ4v) is 4.08. The largest absolute Gasteiger partial charge is 0.276 e. The van der Waals surface area contributed by atoms with Gasteiger partial charge in [0.15, 0.2) is 0 Å². The molecule has 0 saturated heterocycles. The second-order valence-corrected chi connectivity index (χ2v) is 8.42. The molecule has 1 aliphatic rings. The van der Waals surface area contributed by atoms with Crippen LogP contribution in [0.5, 0.6) is 0 Å². The van der Waals surface area contributed by atoms with E-state index in [4.69, 9.17) is 4.84 Å². The first kappa shape index (κ1) is 18.3. The summed E-state index contributed by atoms with van der Waals surface area (Å²) in [6.07, 6.45) is 2.52. The summed E-state index contributed by atoms with van der Waals surface area (Å²) in [5, 5.41) is 9.27. The predicted molar refractivity (Wildman–Crippen MR) is 102 cm³/mol. The van der Waals surface area contributed by atoms with Gasteiger partial charge in [0.1, 0.15) is 16.8 Å². The number of hydroxylamine groups is 1. The number of rotatable bonds is 6. The molecule has 0 spiro atoms. The molecule has 2 aromatic rings. The smallest absolute Gasteiger partial charge is 0.273 e. The van der Waals surface area contributed by atoms with Crippen LogP contribution in [0.4, 0.5) is 4.39 Å². The molecule has 1 aromatic heterocycles. The Morgan fingerprint density at radius 2 is 2.28 bits per heavy atom. The van der Waals surface area contributed by atoms with Crippen molar-refractivity contribution < 1.29 is 14.0 Å². The van der Waals surface area contributed by atoms with Crippen LogP contribution in [0.3, 0.4) is 0 Å². The second kappa shape index (κ2) is 7.81. The third-order valence-electron chi connectivity index (χ3n) is 4.10. The lowest BCUT2D eigenvalue weighted by atomic mass is 10.0. The lowest BCUT2D eigenvalue weighted by Gasteiger charge is -2.08. The standard InChI is InChI=1S/C18H16FIN2O2S/c1-10-16(8-21)25-15(6-12-4-5-13(20)7-14(12)19)17(10)18(23)22-24-9-11-2-3-11/h4-5,7,11H,2-3,6,9H2,1H3,(H,22,23). The van der Waals surface area contributed by atoms with E-state index in [9.17, 15) is 14.4 Å². The zero-order valence-corrected chi connectivity index (χ0v) is 16.5. The predicted octanol–water partition coefficient (Wildman–Crippen LogP) is 4.33. The first-order chi connectivity index (χ1) is 12.0. The van der Waals surface area contributed by atoms with Crippen molar-refractivity contribution >= 4 is 39.8 Å². The maximum atomic E-state index is 14.2. The molecule has 0 aliphatic heterocycles. The first-order valence-corrected chi connectivity index (χ1v) is 9.77. The second-order valence-electron chi connectivity index (χ2n) is 6.06. The molecule has 25 heavy (non-hydrogen) atoms. The lowest BCUT2D eigenvalue weighted by molar-refractivity contribution is 0.0269. The molecule has 1 aromatic carbocycles. The van der Waals surface area contributed by atoms with Crippen molar-refractivity contribution in [3.63, 3.8) is 0 Å². The Morgan fingerprint density at radius 1 is 1.52 bits per heavy atom. The summed E-state index contributed by atoms with van der Waals surface area (Å²) >= 11 is 3.28. The normalized spacial score (nSPS) is 13.5. The van der Waals surface area contributed by atoms with Gasteiger partial charge in [0.25, 0.3) is 5.91 Å². The summed E-state index contributed by atoms with van der Waals surface area (Å²) in [5.41, 5.74) is 3.99. The molecular weight excluding hydrogens is 454 g/mol. The molecule has 4 nitrogen and oxygen atoms in total. The molecule has 3 rings (SSSR count). The van der Waals surface area contributed by atoms with Crippen LogP contribution in [0, 0.1) is 33.6 Å². The Balaban J connectivity index is 1.84. The van der Waals surface area contributed by atoms with Crippen LogP contribution in [0.25, 0.3) is 0 Å². The molecule has 1 aliphatic carbocycles. The van der Waals surface area contributed by atoms with Gasteiger partial charge in [-0.15, -0.1) is 11.3 Å². The van der Waals surface area contributed by atoms with Crippen molar-refractivity contribution in [1.29, 1.82) is 5.26 Å². The van der Waals surface area contributed by atoms with Gasteiger partial charge in [0.05, 0.1) is 12.2 Å². The molecule has 0 unspecified atom stereocenters. The van der Waals surface area contributed by atoms with E-state index in [1.807, 2.05) is 6.07 Å². The molecule has 1 amide bonds. The van der Waals surface area contributed by atoms with E-state index < -0.39 is 0 Å². The number of halogens is 2. The SMILES string of the molecule is Cc1c(C#N)sc(Cc2ccc(I)cc2F)c1C(=O)NOCC1CC1. The molecule has 1 saturated carbocycles. The van der Waals surface area contributed by atoms with Crippen molar-refractivity contribution in [3.05, 3.63) is 54.0 Å². The number of hydrogen-bond acceptors (Lipinski definition) is 4. The number of nitrogens with zero attached hydrogens (tertiary/aromatic N) is 1. The van der Waals surface area contributed by atoms with Gasteiger partial charge in [-0.1, -0.05) is 6.07 Å². The van der Waals surface area contributed by atoms with Crippen LogP contribution < -0.4 is 5.48 Å². The van der Waals surface area contributed by atoms with E-state index in [1.165, 1.54) is 17.4 Å². The van der Waals surface area contributed by atoms with Gasteiger partial charge in [-0.05, 0) is 71.5 Å². The Morgan fingerprint density at radius 3 is 2.92 bits per heavy atom. The van der Waals surface area contributed by atoms with Gasteiger partial charge in [0, 0.05) is 14.9 Å². The highest BCUT2D eigenvalue weighted by atomic mass is 127. The van der Waals surface area contributed by atoms with Crippen LogP contribution in [-0.2, 0) is 11.3 Å². The number of carbonyl (C=O) groups excluding carboxylic acids is 1. The van der Waals surface area contributed by atoms with E-state index >= 15 is 0 Å². The number of nitrogens with one attached hydrogen (secondary N) is 1. The van der Waals surface area contributed by atoms with Gasteiger partial charge in [-0.3, -0.25) is 9.63 Å². The minimum absolute atomic E-state index is 0.265. The summed E-state index contributed by atoms with van der Waals surface area (Å²) < 4.78 is 15.0. The van der Waals surface area contributed by atoms with Crippen LogP contribution in [0.2, 0.25) is 0 Å². The van der Waals surface area contributed by atoms with Crippen molar-refractivity contribution in [3.8, 4) is 6.07 Å². The zero-order chi connectivity index (χ0) is 18.0. The Labute approximate surface area is 163 Å². The maximum absolute atomic E-state index is 14.2. The minimum atomic E-state index is -0.378. The molecule has 1 heterocycles. The van der Waals surface area contributed by atoms with E-state index in [-0.39, 0.29) is 18.1 Å². The van der Waals surface area contributed by atoms with Gasteiger partial charge >= 0.3 is 0 Å². The van der Waals surface area contributed by atoms with Gasteiger partial charge < -0.3 is 0 Å². The quantitative estimate of drug-likeness (QED) is 0.505. The third kappa shape index (κ3) is 4.37.